The van der Waals surface area contributed by atoms with Crippen LogP contribution in [0.4, 0.5) is 0 Å². The Morgan fingerprint density at radius 3 is 2.88 bits per heavy atom. The molecule has 1 heterocycles. The van der Waals surface area contributed by atoms with E-state index in [0.717, 1.165) is 38.9 Å². The van der Waals surface area contributed by atoms with Crippen LogP contribution in [0.3, 0.4) is 0 Å². The Bertz CT molecular complexity index is 225. The molecular formula is C13H25NO3. The van der Waals surface area contributed by atoms with Crippen LogP contribution in [0.2, 0.25) is 0 Å². The SMILES string of the molecule is CCC(C)C(NC1CCCOCC1)C(=O)OC. The monoisotopic (exact) mass is 243 g/mol. The summed E-state index contributed by atoms with van der Waals surface area (Å²) in [6, 6.07) is 0.184. The molecule has 1 fully saturated rings. The van der Waals surface area contributed by atoms with Crippen LogP contribution in [0.1, 0.15) is 39.5 Å². The highest BCUT2D eigenvalue weighted by Crippen LogP contribution is 2.14. The van der Waals surface area contributed by atoms with Crippen molar-refractivity contribution >= 4 is 5.97 Å². The van der Waals surface area contributed by atoms with Gasteiger partial charge in [-0.15, -0.1) is 0 Å². The number of nitrogens with one attached hydrogen (secondary N) is 1. The maximum atomic E-state index is 11.8. The lowest BCUT2D eigenvalue weighted by molar-refractivity contribution is -0.144. The van der Waals surface area contributed by atoms with Crippen molar-refractivity contribution in [3.63, 3.8) is 0 Å². The molecule has 1 aliphatic heterocycles. The van der Waals surface area contributed by atoms with E-state index in [1.54, 1.807) is 0 Å². The zero-order valence-corrected chi connectivity index (χ0v) is 11.2. The van der Waals surface area contributed by atoms with Crippen LogP contribution in [0.5, 0.6) is 0 Å². The first kappa shape index (κ1) is 14.5. The molecule has 1 N–H and O–H groups in total. The molecular weight excluding hydrogens is 218 g/mol. The molecule has 1 saturated heterocycles. The van der Waals surface area contributed by atoms with Crippen LogP contribution in [0, 0.1) is 5.92 Å². The number of methoxy groups -OCH3 is 1. The van der Waals surface area contributed by atoms with Crippen molar-refractivity contribution < 1.29 is 14.3 Å². The second kappa shape index (κ2) is 7.67. The molecule has 0 aliphatic carbocycles. The van der Waals surface area contributed by atoms with Gasteiger partial charge in [-0.25, -0.2) is 0 Å². The minimum Gasteiger partial charge on any atom is -0.468 e. The Hall–Kier alpha value is -0.610. The third-order valence-corrected chi connectivity index (χ3v) is 3.54. The van der Waals surface area contributed by atoms with E-state index < -0.39 is 0 Å². The Morgan fingerprint density at radius 2 is 2.24 bits per heavy atom. The van der Waals surface area contributed by atoms with E-state index in [4.69, 9.17) is 9.47 Å². The number of carbonyl (C=O) groups is 1. The number of carbonyl (C=O) groups excluding carboxylic acids is 1. The molecule has 0 spiro atoms. The van der Waals surface area contributed by atoms with Crippen LogP contribution in [-0.4, -0.2) is 38.4 Å². The van der Waals surface area contributed by atoms with Gasteiger partial charge < -0.3 is 14.8 Å². The van der Waals surface area contributed by atoms with Crippen LogP contribution in [0.25, 0.3) is 0 Å². The van der Waals surface area contributed by atoms with E-state index >= 15 is 0 Å². The van der Waals surface area contributed by atoms with Crippen molar-refractivity contribution in [1.82, 2.24) is 5.32 Å². The standard InChI is InChI=1S/C13H25NO3/c1-4-10(2)12(13(15)16-3)14-11-6-5-8-17-9-7-11/h10-12,14H,4-9H2,1-3H3. The first-order valence-corrected chi connectivity index (χ1v) is 6.60. The summed E-state index contributed by atoms with van der Waals surface area (Å²) in [7, 11) is 1.45. The summed E-state index contributed by atoms with van der Waals surface area (Å²) in [6.07, 6.45) is 4.08. The van der Waals surface area contributed by atoms with Gasteiger partial charge >= 0.3 is 5.97 Å². The predicted molar refractivity (Wildman–Crippen MR) is 66.9 cm³/mol. The van der Waals surface area contributed by atoms with Gasteiger partial charge in [-0.05, 0) is 25.2 Å². The summed E-state index contributed by atoms with van der Waals surface area (Å²) < 4.78 is 10.3. The Balaban J connectivity index is 2.54. The van der Waals surface area contributed by atoms with Gasteiger partial charge in [-0.3, -0.25) is 4.79 Å². The Labute approximate surface area is 104 Å². The molecule has 4 heteroatoms. The highest BCUT2D eigenvalue weighted by Gasteiger charge is 2.27. The summed E-state index contributed by atoms with van der Waals surface area (Å²) in [5.41, 5.74) is 0. The molecule has 0 aromatic carbocycles. The van der Waals surface area contributed by atoms with Gasteiger partial charge in [-0.1, -0.05) is 20.3 Å². The van der Waals surface area contributed by atoms with Crippen molar-refractivity contribution in [1.29, 1.82) is 0 Å². The number of hydrogen-bond donors (Lipinski definition) is 1. The zero-order chi connectivity index (χ0) is 12.7. The van der Waals surface area contributed by atoms with E-state index in [1.165, 1.54) is 7.11 Å². The van der Waals surface area contributed by atoms with Gasteiger partial charge in [0.25, 0.3) is 0 Å². The summed E-state index contributed by atoms with van der Waals surface area (Å²) in [4.78, 5) is 11.8. The highest BCUT2D eigenvalue weighted by molar-refractivity contribution is 5.76. The van der Waals surface area contributed by atoms with E-state index in [-0.39, 0.29) is 12.0 Å². The lowest BCUT2D eigenvalue weighted by atomic mass is 9.97. The first-order valence-electron chi connectivity index (χ1n) is 6.60. The molecule has 100 valence electrons. The summed E-state index contributed by atoms with van der Waals surface area (Å²) in [5, 5.41) is 3.44. The van der Waals surface area contributed by atoms with Gasteiger partial charge in [0.1, 0.15) is 6.04 Å². The smallest absolute Gasteiger partial charge is 0.323 e. The minimum absolute atomic E-state index is 0.149. The lowest BCUT2D eigenvalue weighted by Gasteiger charge is -2.26. The zero-order valence-electron chi connectivity index (χ0n) is 11.2. The molecule has 0 radical (unpaired) electrons. The van der Waals surface area contributed by atoms with Crippen molar-refractivity contribution in [2.75, 3.05) is 20.3 Å². The maximum absolute atomic E-state index is 11.8. The molecule has 0 saturated carbocycles. The number of hydrogen-bond acceptors (Lipinski definition) is 4. The topological polar surface area (TPSA) is 47.6 Å². The number of ether oxygens (including phenoxy) is 2. The van der Waals surface area contributed by atoms with E-state index in [1.807, 2.05) is 0 Å². The quantitative estimate of drug-likeness (QED) is 0.747. The van der Waals surface area contributed by atoms with Crippen molar-refractivity contribution in [3.05, 3.63) is 0 Å². The maximum Gasteiger partial charge on any atom is 0.323 e. The van der Waals surface area contributed by atoms with E-state index in [0.29, 0.717) is 12.0 Å². The largest absolute Gasteiger partial charge is 0.468 e. The second-order valence-electron chi connectivity index (χ2n) is 4.79. The predicted octanol–water partition coefficient (Wildman–Crippen LogP) is 1.73. The molecule has 0 aromatic heterocycles. The lowest BCUT2D eigenvalue weighted by Crippen LogP contribution is -2.47. The average Bonchev–Trinajstić information content (AvgIpc) is 2.62. The van der Waals surface area contributed by atoms with Crippen LogP contribution < -0.4 is 5.32 Å². The van der Waals surface area contributed by atoms with Gasteiger partial charge in [0, 0.05) is 19.3 Å². The molecule has 1 rings (SSSR count). The molecule has 1 aliphatic rings. The van der Waals surface area contributed by atoms with E-state index in [9.17, 15) is 4.79 Å². The minimum atomic E-state index is -0.187. The average molecular weight is 243 g/mol. The van der Waals surface area contributed by atoms with Crippen molar-refractivity contribution in [3.8, 4) is 0 Å². The Kier molecular flexibility index (Phi) is 6.52. The summed E-state index contributed by atoms with van der Waals surface area (Å²) in [5.74, 6) is 0.149. The summed E-state index contributed by atoms with van der Waals surface area (Å²) in [6.45, 7) is 5.80. The third kappa shape index (κ3) is 4.64. The fraction of sp³-hybridized carbons (Fsp3) is 0.923. The van der Waals surface area contributed by atoms with Gasteiger partial charge in [-0.2, -0.15) is 0 Å². The first-order chi connectivity index (χ1) is 8.19. The van der Waals surface area contributed by atoms with E-state index in [2.05, 4.69) is 19.2 Å². The molecule has 0 amide bonds. The number of rotatable bonds is 5. The van der Waals surface area contributed by atoms with Crippen LogP contribution in [0.15, 0.2) is 0 Å². The second-order valence-corrected chi connectivity index (χ2v) is 4.79. The molecule has 3 atom stereocenters. The van der Waals surface area contributed by atoms with Crippen molar-refractivity contribution in [2.45, 2.75) is 51.6 Å². The molecule has 17 heavy (non-hydrogen) atoms. The molecule has 3 unspecified atom stereocenters. The van der Waals surface area contributed by atoms with Gasteiger partial charge in [0.15, 0.2) is 0 Å². The third-order valence-electron chi connectivity index (χ3n) is 3.54. The fourth-order valence-electron chi connectivity index (χ4n) is 2.15. The fourth-order valence-corrected chi connectivity index (χ4v) is 2.15. The highest BCUT2D eigenvalue weighted by atomic mass is 16.5. The normalized spacial score (nSPS) is 24.8. The van der Waals surface area contributed by atoms with Gasteiger partial charge in [0.05, 0.1) is 7.11 Å². The van der Waals surface area contributed by atoms with Crippen molar-refractivity contribution in [2.24, 2.45) is 5.92 Å². The van der Waals surface area contributed by atoms with Crippen LogP contribution >= 0.6 is 0 Å². The number of esters is 1. The molecule has 0 aromatic rings. The summed E-state index contributed by atoms with van der Waals surface area (Å²) >= 11 is 0. The molecule has 4 nitrogen and oxygen atoms in total. The Morgan fingerprint density at radius 1 is 1.47 bits per heavy atom. The van der Waals surface area contributed by atoms with Gasteiger partial charge in [0.2, 0.25) is 0 Å². The van der Waals surface area contributed by atoms with Crippen LogP contribution in [-0.2, 0) is 14.3 Å². The molecule has 0 bridgehead atoms.